The summed E-state index contributed by atoms with van der Waals surface area (Å²) in [6.45, 7) is 0. The van der Waals surface area contributed by atoms with E-state index in [4.69, 9.17) is 0 Å². The Labute approximate surface area is 29.1 Å². The molecule has 0 amide bonds. The maximum absolute atomic E-state index is 4.24. The van der Waals surface area contributed by atoms with Gasteiger partial charge >= 0.3 is 0 Å². The van der Waals surface area contributed by atoms with Crippen molar-refractivity contribution in [1.82, 2.24) is 5.64 Å². The Kier molecular flexibility index (Phi) is 0.478. The first-order chi connectivity index (χ1) is 2.50. The van der Waals surface area contributed by atoms with Crippen molar-refractivity contribution < 1.29 is 9.68 Å². The second-order valence-corrected chi connectivity index (χ2v) is 0.539. The van der Waals surface area contributed by atoms with Crippen molar-refractivity contribution in [1.29, 1.82) is 0 Å². The van der Waals surface area contributed by atoms with Gasteiger partial charge < -0.3 is 9.68 Å². The largest absolute Gasteiger partial charge is 0.377 e. The SMILES string of the molecule is [C]1=CONO1. The zero-order valence-electron chi connectivity index (χ0n) is 2.39. The van der Waals surface area contributed by atoms with Crippen molar-refractivity contribution in [3.63, 3.8) is 0 Å². The highest BCUT2D eigenvalue weighted by atomic mass is 16.9. The first-order valence-electron chi connectivity index (χ1n) is 1.14. The van der Waals surface area contributed by atoms with Crippen LogP contribution >= 0.6 is 0 Å². The molecule has 1 heterocycles. The topological polar surface area (TPSA) is 30.5 Å². The van der Waals surface area contributed by atoms with Crippen molar-refractivity contribution in [2.45, 2.75) is 0 Å². The third-order valence-electron chi connectivity index (χ3n) is 0.256. The molecule has 0 fully saturated rings. The lowest BCUT2D eigenvalue weighted by molar-refractivity contribution is -0.0542. The monoisotopic (exact) mass is 72.0 g/mol. The second-order valence-electron chi connectivity index (χ2n) is 0.539. The lowest BCUT2D eigenvalue weighted by Crippen LogP contribution is -1.99. The molecule has 0 aromatic rings. The number of hydrogen-bond donors (Lipinski definition) is 1. The molecule has 5 heavy (non-hydrogen) atoms. The Morgan fingerprint density at radius 3 is 3.00 bits per heavy atom. The Morgan fingerprint density at radius 1 is 1.80 bits per heavy atom. The third kappa shape index (κ3) is 0.302. The van der Waals surface area contributed by atoms with Gasteiger partial charge in [0.1, 0.15) is 0 Å². The summed E-state index contributed by atoms with van der Waals surface area (Å²) in [6, 6.07) is 0. The molecule has 1 N–H and O–H groups in total. The van der Waals surface area contributed by atoms with Crippen LogP contribution in [-0.2, 0) is 9.68 Å². The molecule has 0 aliphatic carbocycles. The molecular weight excluding hydrogens is 70.0 g/mol. The molecule has 1 aliphatic rings. The fourth-order valence-electron chi connectivity index (χ4n) is 0.120. The highest BCUT2D eigenvalue weighted by Crippen LogP contribution is 1.78. The van der Waals surface area contributed by atoms with Gasteiger partial charge in [-0.3, -0.25) is 0 Å². The molecule has 0 spiro atoms. The molecule has 0 atom stereocenters. The van der Waals surface area contributed by atoms with Gasteiger partial charge in [-0.2, -0.15) is 0 Å². The lowest BCUT2D eigenvalue weighted by atomic mass is 11.1. The van der Waals surface area contributed by atoms with Crippen molar-refractivity contribution in [2.75, 3.05) is 0 Å². The van der Waals surface area contributed by atoms with Crippen LogP contribution in [-0.4, -0.2) is 0 Å². The van der Waals surface area contributed by atoms with Crippen LogP contribution in [0.5, 0.6) is 0 Å². The smallest absolute Gasteiger partial charge is 0.236 e. The molecule has 0 unspecified atom stereocenters. The summed E-state index contributed by atoms with van der Waals surface area (Å²) >= 11 is 0. The van der Waals surface area contributed by atoms with Crippen LogP contribution in [0.25, 0.3) is 0 Å². The van der Waals surface area contributed by atoms with E-state index in [2.05, 4.69) is 21.6 Å². The van der Waals surface area contributed by atoms with E-state index in [9.17, 15) is 0 Å². The first kappa shape index (κ1) is 2.53. The van der Waals surface area contributed by atoms with E-state index < -0.39 is 0 Å². The van der Waals surface area contributed by atoms with Crippen molar-refractivity contribution in [2.24, 2.45) is 0 Å². The molecule has 0 bridgehead atoms. The molecule has 0 saturated carbocycles. The van der Waals surface area contributed by atoms with Gasteiger partial charge in [0.05, 0.1) is 0 Å². The van der Waals surface area contributed by atoms with E-state index in [0.29, 0.717) is 0 Å². The molecule has 3 nitrogen and oxygen atoms in total. The quantitative estimate of drug-likeness (QED) is 0.427. The summed E-state index contributed by atoms with van der Waals surface area (Å²) in [7, 11) is 0. The lowest BCUT2D eigenvalue weighted by Gasteiger charge is -1.82. The van der Waals surface area contributed by atoms with Gasteiger partial charge in [0.25, 0.3) is 0 Å². The van der Waals surface area contributed by atoms with Gasteiger partial charge in [0, 0.05) is 5.64 Å². The molecule has 1 aliphatic heterocycles. The summed E-state index contributed by atoms with van der Waals surface area (Å²) in [5, 5.41) is 0. The number of nitrogens with one attached hydrogen (secondary N) is 1. The zero-order valence-corrected chi connectivity index (χ0v) is 2.39. The van der Waals surface area contributed by atoms with Crippen LogP contribution in [0, 0.1) is 6.26 Å². The average molecular weight is 72.0 g/mol. The summed E-state index contributed by atoms with van der Waals surface area (Å²) < 4.78 is 0. The summed E-state index contributed by atoms with van der Waals surface area (Å²) in [6.07, 6.45) is 3.54. The molecule has 1 radical (unpaired) electrons. The van der Waals surface area contributed by atoms with E-state index in [0.717, 1.165) is 0 Å². The van der Waals surface area contributed by atoms with Gasteiger partial charge in [-0.05, 0) is 0 Å². The average Bonchev–Trinajstić information content (AvgIpc) is 1.76. The summed E-state index contributed by atoms with van der Waals surface area (Å²) in [5.41, 5.74) is 2.06. The fraction of sp³-hybridized carbons (Fsp3) is 0. The van der Waals surface area contributed by atoms with Gasteiger partial charge in [-0.25, -0.2) is 0 Å². The molecule has 0 saturated heterocycles. The maximum Gasteiger partial charge on any atom is 0.236 e. The summed E-state index contributed by atoms with van der Waals surface area (Å²) in [4.78, 5) is 8.40. The normalized spacial score (nSPS) is 17.6. The standard InChI is InChI=1S/C2H2NO2/c1-2-5-3-4-1/h1,3H. The molecule has 0 aromatic heterocycles. The van der Waals surface area contributed by atoms with E-state index in [1.807, 2.05) is 0 Å². The minimum atomic E-state index is 1.28. The van der Waals surface area contributed by atoms with Gasteiger partial charge in [0.15, 0.2) is 6.26 Å². The van der Waals surface area contributed by atoms with E-state index in [1.54, 1.807) is 0 Å². The van der Waals surface area contributed by atoms with Crippen LogP contribution in [0.3, 0.4) is 0 Å². The minimum absolute atomic E-state index is 1.28. The zero-order chi connectivity index (χ0) is 3.54. The Balaban J connectivity index is 2.32. The Bertz CT molecular complexity index is 45.6. The van der Waals surface area contributed by atoms with Crippen LogP contribution < -0.4 is 5.64 Å². The second kappa shape index (κ2) is 0.944. The first-order valence-corrected chi connectivity index (χ1v) is 1.14. The molecule has 0 aromatic carbocycles. The highest BCUT2D eigenvalue weighted by molar-refractivity contribution is 4.49. The minimum Gasteiger partial charge on any atom is -0.377 e. The van der Waals surface area contributed by atoms with Crippen LogP contribution in [0.4, 0.5) is 0 Å². The van der Waals surface area contributed by atoms with Gasteiger partial charge in [-0.15, -0.1) is 0 Å². The van der Waals surface area contributed by atoms with Crippen LogP contribution in [0.2, 0.25) is 0 Å². The third-order valence-corrected chi connectivity index (χ3v) is 0.256. The van der Waals surface area contributed by atoms with E-state index >= 15 is 0 Å². The Morgan fingerprint density at radius 2 is 2.80 bits per heavy atom. The van der Waals surface area contributed by atoms with Crippen LogP contribution in [0.1, 0.15) is 0 Å². The Hall–Kier alpha value is -0.700. The van der Waals surface area contributed by atoms with Crippen molar-refractivity contribution >= 4 is 0 Å². The van der Waals surface area contributed by atoms with Crippen molar-refractivity contribution in [3.05, 3.63) is 12.5 Å². The number of hydrogen-bond acceptors (Lipinski definition) is 3. The number of rotatable bonds is 0. The van der Waals surface area contributed by atoms with E-state index in [-0.39, 0.29) is 0 Å². The van der Waals surface area contributed by atoms with Crippen LogP contribution in [0.15, 0.2) is 6.26 Å². The highest BCUT2D eigenvalue weighted by Gasteiger charge is 1.83. The summed E-state index contributed by atoms with van der Waals surface area (Å²) in [5.74, 6) is 0. The fourth-order valence-corrected chi connectivity index (χ4v) is 0.120. The maximum atomic E-state index is 4.24. The molecule has 27 valence electrons. The predicted octanol–water partition coefficient (Wildman–Crippen LogP) is -0.273. The van der Waals surface area contributed by atoms with E-state index in [1.165, 1.54) is 6.26 Å². The van der Waals surface area contributed by atoms with Gasteiger partial charge in [-0.1, -0.05) is 0 Å². The molecule has 1 rings (SSSR count). The predicted molar refractivity (Wildman–Crippen MR) is 13.1 cm³/mol. The van der Waals surface area contributed by atoms with Gasteiger partial charge in [0.2, 0.25) is 6.26 Å². The molecular formula is C2H2NO2. The van der Waals surface area contributed by atoms with Crippen molar-refractivity contribution in [3.8, 4) is 0 Å². The molecule has 3 heteroatoms.